The molecule has 0 saturated heterocycles. The lowest BCUT2D eigenvalue weighted by Crippen LogP contribution is -1.95. The zero-order chi connectivity index (χ0) is 13.2. The maximum atomic E-state index is 10.4. The van der Waals surface area contributed by atoms with Crippen LogP contribution in [-0.4, -0.2) is 11.1 Å². The molecule has 0 aliphatic heterocycles. The molecule has 1 aromatic rings. The highest BCUT2D eigenvalue weighted by Crippen LogP contribution is 2.14. The van der Waals surface area contributed by atoms with Gasteiger partial charge >= 0.3 is 5.97 Å². The van der Waals surface area contributed by atoms with Crippen molar-refractivity contribution < 1.29 is 9.90 Å². The summed E-state index contributed by atoms with van der Waals surface area (Å²) in [6.07, 6.45) is 9.79. The van der Waals surface area contributed by atoms with E-state index in [0.29, 0.717) is 0 Å². The minimum Gasteiger partial charge on any atom is -0.481 e. The van der Waals surface area contributed by atoms with Crippen molar-refractivity contribution >= 4 is 12.0 Å². The highest BCUT2D eigenvalue weighted by molar-refractivity contribution is 5.66. The fourth-order valence-electron chi connectivity index (χ4n) is 1.86. The van der Waals surface area contributed by atoms with Gasteiger partial charge in [0.05, 0.1) is 0 Å². The van der Waals surface area contributed by atoms with Crippen molar-refractivity contribution in [3.63, 3.8) is 0 Å². The van der Waals surface area contributed by atoms with Gasteiger partial charge in [-0.05, 0) is 30.4 Å². The van der Waals surface area contributed by atoms with Crippen LogP contribution in [-0.2, 0) is 11.2 Å². The number of allylic oxidation sites excluding steroid dienone is 2. The number of carboxylic acid groups (broad SMARTS) is 1. The van der Waals surface area contributed by atoms with Crippen molar-refractivity contribution in [2.75, 3.05) is 0 Å². The van der Waals surface area contributed by atoms with Gasteiger partial charge in [0.25, 0.3) is 0 Å². The summed E-state index contributed by atoms with van der Waals surface area (Å²) in [5, 5.41) is 8.55. The Kier molecular flexibility index (Phi) is 6.55. The number of hydrogen-bond donors (Lipinski definition) is 1. The van der Waals surface area contributed by atoms with Crippen LogP contribution < -0.4 is 0 Å². The largest absolute Gasteiger partial charge is 0.481 e. The molecule has 0 spiro atoms. The molecule has 0 saturated carbocycles. The van der Waals surface area contributed by atoms with E-state index in [2.05, 4.69) is 24.8 Å². The topological polar surface area (TPSA) is 37.3 Å². The van der Waals surface area contributed by atoms with E-state index in [1.807, 2.05) is 18.2 Å². The third-order valence-electron chi connectivity index (χ3n) is 2.80. The van der Waals surface area contributed by atoms with Gasteiger partial charge in [0.1, 0.15) is 0 Å². The van der Waals surface area contributed by atoms with Gasteiger partial charge < -0.3 is 5.11 Å². The van der Waals surface area contributed by atoms with E-state index in [1.165, 1.54) is 11.1 Å². The molecule has 1 aromatic carbocycles. The molecule has 0 bridgehead atoms. The fraction of sp³-hybridized carbons (Fsp3) is 0.312. The summed E-state index contributed by atoms with van der Waals surface area (Å²) < 4.78 is 0. The summed E-state index contributed by atoms with van der Waals surface area (Å²) in [5.74, 6) is -0.704. The monoisotopic (exact) mass is 244 g/mol. The van der Waals surface area contributed by atoms with Crippen LogP contribution in [0, 0.1) is 0 Å². The maximum absolute atomic E-state index is 10.4. The van der Waals surface area contributed by atoms with Crippen molar-refractivity contribution in [2.45, 2.75) is 32.1 Å². The van der Waals surface area contributed by atoms with Crippen LogP contribution in [0.2, 0.25) is 0 Å². The number of carbonyl (C=O) groups is 1. The molecule has 0 aliphatic rings. The molecule has 0 atom stereocenters. The second-order valence-electron chi connectivity index (χ2n) is 4.25. The number of aliphatic carboxylic acids is 1. The molecule has 0 aromatic heterocycles. The summed E-state index contributed by atoms with van der Waals surface area (Å²) >= 11 is 0. The van der Waals surface area contributed by atoms with E-state index in [9.17, 15) is 4.79 Å². The Morgan fingerprint density at radius 3 is 2.72 bits per heavy atom. The Labute approximate surface area is 109 Å². The average Bonchev–Trinajstić information content (AvgIpc) is 2.36. The number of aryl methyl sites for hydroxylation is 1. The molecule has 2 nitrogen and oxygen atoms in total. The highest BCUT2D eigenvalue weighted by Gasteiger charge is 2.00. The lowest BCUT2D eigenvalue weighted by Gasteiger charge is -2.05. The fourth-order valence-corrected chi connectivity index (χ4v) is 1.86. The third kappa shape index (κ3) is 5.48. The van der Waals surface area contributed by atoms with Gasteiger partial charge in [-0.15, -0.1) is 0 Å². The first-order valence-corrected chi connectivity index (χ1v) is 6.33. The Morgan fingerprint density at radius 1 is 1.22 bits per heavy atom. The summed E-state index contributed by atoms with van der Waals surface area (Å²) in [4.78, 5) is 10.4. The summed E-state index contributed by atoms with van der Waals surface area (Å²) in [6, 6.07) is 8.28. The molecule has 0 fully saturated rings. The number of unbranched alkanes of at least 4 members (excludes halogenated alkanes) is 2. The van der Waals surface area contributed by atoms with E-state index in [0.717, 1.165) is 25.7 Å². The Morgan fingerprint density at radius 2 is 2.00 bits per heavy atom. The predicted molar refractivity (Wildman–Crippen MR) is 75.5 cm³/mol. The van der Waals surface area contributed by atoms with E-state index in [-0.39, 0.29) is 6.42 Å². The van der Waals surface area contributed by atoms with Gasteiger partial charge in [-0.2, -0.15) is 0 Å². The van der Waals surface area contributed by atoms with Crippen LogP contribution in [0.5, 0.6) is 0 Å². The zero-order valence-electron chi connectivity index (χ0n) is 10.6. The second-order valence-corrected chi connectivity index (χ2v) is 4.25. The van der Waals surface area contributed by atoms with Gasteiger partial charge in [0, 0.05) is 6.42 Å². The van der Waals surface area contributed by atoms with Crippen LogP contribution >= 0.6 is 0 Å². The standard InChI is InChI=1S/C16H20O2/c1-2-3-9-14-11-7-8-12-15(14)10-5-4-6-13-16(17)18/h2-3,7-9,11-12H,1,4-6,10,13H2,(H,17,18). The Hall–Kier alpha value is -1.83. The van der Waals surface area contributed by atoms with Crippen LogP contribution in [0.1, 0.15) is 36.8 Å². The molecular weight excluding hydrogens is 224 g/mol. The molecule has 1 rings (SSSR count). The lowest BCUT2D eigenvalue weighted by molar-refractivity contribution is -0.137. The van der Waals surface area contributed by atoms with Gasteiger partial charge in [-0.25, -0.2) is 0 Å². The van der Waals surface area contributed by atoms with Crippen molar-refractivity contribution in [3.8, 4) is 0 Å². The van der Waals surface area contributed by atoms with Crippen LogP contribution in [0.15, 0.2) is 43.0 Å². The second kappa shape index (κ2) is 8.29. The van der Waals surface area contributed by atoms with Crippen LogP contribution in [0.4, 0.5) is 0 Å². The maximum Gasteiger partial charge on any atom is 0.303 e. The summed E-state index contributed by atoms with van der Waals surface area (Å²) in [6.45, 7) is 3.67. The first kappa shape index (κ1) is 14.2. The van der Waals surface area contributed by atoms with Crippen molar-refractivity contribution in [1.29, 1.82) is 0 Å². The molecule has 0 unspecified atom stereocenters. The molecule has 2 heteroatoms. The number of rotatable bonds is 8. The normalized spacial score (nSPS) is 10.7. The van der Waals surface area contributed by atoms with Crippen molar-refractivity contribution in [3.05, 3.63) is 54.1 Å². The van der Waals surface area contributed by atoms with Gasteiger partial charge in [0.2, 0.25) is 0 Å². The number of carboxylic acids is 1. The Balaban J connectivity index is 2.43. The third-order valence-corrected chi connectivity index (χ3v) is 2.80. The SMILES string of the molecule is C=CC=Cc1ccccc1CCCCCC(=O)O. The zero-order valence-corrected chi connectivity index (χ0v) is 10.6. The minimum absolute atomic E-state index is 0.276. The number of hydrogen-bond acceptors (Lipinski definition) is 1. The summed E-state index contributed by atoms with van der Waals surface area (Å²) in [5.41, 5.74) is 2.53. The average molecular weight is 244 g/mol. The smallest absolute Gasteiger partial charge is 0.303 e. The molecule has 0 aliphatic carbocycles. The first-order valence-electron chi connectivity index (χ1n) is 6.33. The van der Waals surface area contributed by atoms with E-state index in [1.54, 1.807) is 6.08 Å². The highest BCUT2D eigenvalue weighted by atomic mass is 16.4. The molecular formula is C16H20O2. The molecule has 0 heterocycles. The quantitative estimate of drug-likeness (QED) is 0.552. The molecule has 0 radical (unpaired) electrons. The Bertz CT molecular complexity index is 419. The van der Waals surface area contributed by atoms with Gasteiger partial charge in [-0.1, -0.05) is 55.5 Å². The predicted octanol–water partition coefficient (Wildman–Crippen LogP) is 4.07. The van der Waals surface area contributed by atoms with Crippen LogP contribution in [0.3, 0.4) is 0 Å². The van der Waals surface area contributed by atoms with Crippen LogP contribution in [0.25, 0.3) is 6.08 Å². The van der Waals surface area contributed by atoms with Gasteiger partial charge in [0.15, 0.2) is 0 Å². The molecule has 18 heavy (non-hydrogen) atoms. The van der Waals surface area contributed by atoms with Crippen molar-refractivity contribution in [2.24, 2.45) is 0 Å². The van der Waals surface area contributed by atoms with E-state index < -0.39 is 5.97 Å². The van der Waals surface area contributed by atoms with Crippen molar-refractivity contribution in [1.82, 2.24) is 0 Å². The van der Waals surface area contributed by atoms with Gasteiger partial charge in [-0.3, -0.25) is 4.79 Å². The minimum atomic E-state index is -0.704. The summed E-state index contributed by atoms with van der Waals surface area (Å²) in [7, 11) is 0. The first-order chi connectivity index (χ1) is 8.74. The number of benzene rings is 1. The molecule has 0 amide bonds. The molecule has 96 valence electrons. The van der Waals surface area contributed by atoms with E-state index in [4.69, 9.17) is 5.11 Å². The molecule has 1 N–H and O–H groups in total. The van der Waals surface area contributed by atoms with E-state index >= 15 is 0 Å². The lowest BCUT2D eigenvalue weighted by atomic mass is 10.0.